The number of carbonyl (C=O) groups excluding carboxylic acids is 2. The molecule has 0 spiro atoms. The van der Waals surface area contributed by atoms with E-state index in [2.05, 4.69) is 24.2 Å². The van der Waals surface area contributed by atoms with Crippen molar-refractivity contribution in [3.8, 4) is 11.3 Å². The van der Waals surface area contributed by atoms with Crippen molar-refractivity contribution < 1.29 is 14.0 Å². The van der Waals surface area contributed by atoms with E-state index in [1.165, 1.54) is 0 Å². The monoisotopic (exact) mass is 476 g/mol. The highest BCUT2D eigenvalue weighted by Gasteiger charge is 2.34. The molecule has 0 aliphatic heterocycles. The van der Waals surface area contributed by atoms with Gasteiger partial charge in [0.1, 0.15) is 17.1 Å². The van der Waals surface area contributed by atoms with Gasteiger partial charge in [-0.2, -0.15) is 4.98 Å². The summed E-state index contributed by atoms with van der Waals surface area (Å²) < 4.78 is 8.21. The number of benzene rings is 3. The number of furan rings is 1. The molecule has 1 aliphatic carbocycles. The van der Waals surface area contributed by atoms with Crippen LogP contribution in [0.3, 0.4) is 0 Å². The number of rotatable bonds is 4. The molecule has 172 valence electrons. The predicted octanol–water partition coefficient (Wildman–Crippen LogP) is 6.79. The summed E-state index contributed by atoms with van der Waals surface area (Å²) in [5.74, 6) is 0.827. The number of aromatic nitrogens is 2. The number of imidazole rings is 1. The fraction of sp³-hybridized carbons (Fsp3) is 0.138. The smallest absolute Gasteiger partial charge is 0.245 e. The average Bonchev–Trinajstić information content (AvgIpc) is 3.45. The third-order valence-corrected chi connectivity index (χ3v) is 7.57. The second-order valence-electron chi connectivity index (χ2n) is 10.2. The van der Waals surface area contributed by atoms with Crippen LogP contribution in [0.2, 0.25) is 19.6 Å². The third-order valence-electron chi connectivity index (χ3n) is 6.31. The zero-order valence-corrected chi connectivity index (χ0v) is 20.8. The van der Waals surface area contributed by atoms with Gasteiger partial charge in [-0.1, -0.05) is 74.2 Å². The van der Waals surface area contributed by atoms with Gasteiger partial charge in [0.25, 0.3) is 0 Å². The number of hydrogen-bond donors (Lipinski definition) is 0. The molecule has 6 heteroatoms. The first-order valence-electron chi connectivity index (χ1n) is 11.7. The number of allylic oxidation sites excluding steroid dienone is 1. The number of hydrogen-bond acceptors (Lipinski definition) is 4. The van der Waals surface area contributed by atoms with Crippen LogP contribution < -0.4 is 0 Å². The summed E-state index contributed by atoms with van der Waals surface area (Å²) in [4.78, 5) is 31.3. The van der Waals surface area contributed by atoms with Gasteiger partial charge < -0.3 is 8.98 Å². The second-order valence-corrected chi connectivity index (χ2v) is 15.7. The Hall–Kier alpha value is -4.03. The minimum absolute atomic E-state index is 0.156. The van der Waals surface area contributed by atoms with Crippen LogP contribution in [0.15, 0.2) is 82.8 Å². The van der Waals surface area contributed by atoms with Gasteiger partial charge in [0.05, 0.1) is 13.6 Å². The Kier molecular flexibility index (Phi) is 4.76. The van der Waals surface area contributed by atoms with Gasteiger partial charge in [0.15, 0.2) is 11.6 Å². The lowest BCUT2D eigenvalue weighted by atomic mass is 10.0. The van der Waals surface area contributed by atoms with Crippen molar-refractivity contribution in [2.75, 3.05) is 0 Å². The van der Waals surface area contributed by atoms with Gasteiger partial charge in [-0.25, -0.2) is 0 Å². The van der Waals surface area contributed by atoms with Crippen LogP contribution in [-0.4, -0.2) is 29.2 Å². The van der Waals surface area contributed by atoms with Crippen LogP contribution >= 0.6 is 0 Å². The van der Waals surface area contributed by atoms with Gasteiger partial charge >= 0.3 is 0 Å². The van der Waals surface area contributed by atoms with Gasteiger partial charge in [0, 0.05) is 28.9 Å². The summed E-state index contributed by atoms with van der Waals surface area (Å²) in [6.07, 6.45) is 2.43. The van der Waals surface area contributed by atoms with E-state index >= 15 is 0 Å². The first-order chi connectivity index (χ1) is 16.8. The molecule has 1 aliphatic rings. The summed E-state index contributed by atoms with van der Waals surface area (Å²) in [6.45, 7) is 6.84. The standard InChI is InChI=1S/C29H24N2O3Si/c1-35(2,3)17-31-24-16-25(18-9-5-4-6-10-18)34-29(24)30-26(31)15-23-27(32)21-13-19-11-7-8-12-20(19)14-22(21)28(23)33/h4-16H,17H2,1-3H3. The van der Waals surface area contributed by atoms with Gasteiger partial charge in [-0.3, -0.25) is 9.59 Å². The second kappa shape index (κ2) is 7.75. The third kappa shape index (κ3) is 3.67. The van der Waals surface area contributed by atoms with Crippen LogP contribution in [0.1, 0.15) is 26.5 Å². The Morgan fingerprint density at radius 1 is 0.857 bits per heavy atom. The van der Waals surface area contributed by atoms with Gasteiger partial charge in [-0.05, 0) is 29.0 Å². The summed E-state index contributed by atoms with van der Waals surface area (Å²) in [6, 6.07) is 23.3. The van der Waals surface area contributed by atoms with E-state index < -0.39 is 8.07 Å². The van der Waals surface area contributed by atoms with Crippen molar-refractivity contribution >= 4 is 47.7 Å². The topological polar surface area (TPSA) is 65.1 Å². The van der Waals surface area contributed by atoms with Crippen molar-refractivity contribution in [2.24, 2.45) is 0 Å². The summed E-state index contributed by atoms with van der Waals surface area (Å²) in [5.41, 5.74) is 3.43. The average molecular weight is 477 g/mol. The molecule has 35 heavy (non-hydrogen) atoms. The van der Waals surface area contributed by atoms with E-state index in [9.17, 15) is 9.59 Å². The lowest BCUT2D eigenvalue weighted by Gasteiger charge is -2.18. The van der Waals surface area contributed by atoms with Crippen molar-refractivity contribution in [3.05, 3.63) is 95.3 Å². The molecule has 5 aromatic rings. The van der Waals surface area contributed by atoms with E-state index in [4.69, 9.17) is 9.40 Å². The van der Waals surface area contributed by atoms with Crippen LogP contribution in [0.4, 0.5) is 0 Å². The van der Waals surface area contributed by atoms with E-state index in [1.54, 1.807) is 6.08 Å². The van der Waals surface area contributed by atoms with Gasteiger partial charge in [-0.15, -0.1) is 0 Å². The highest BCUT2D eigenvalue weighted by molar-refractivity contribution is 6.75. The Balaban J connectivity index is 1.48. The molecular formula is C29H24N2O3Si. The lowest BCUT2D eigenvalue weighted by Crippen LogP contribution is -2.28. The number of fused-ring (bicyclic) bond motifs is 3. The zero-order chi connectivity index (χ0) is 24.3. The summed E-state index contributed by atoms with van der Waals surface area (Å²) in [5, 5.41) is 1.89. The molecule has 0 saturated heterocycles. The predicted molar refractivity (Wildman–Crippen MR) is 141 cm³/mol. The molecule has 0 atom stereocenters. The normalized spacial score (nSPS) is 13.7. The molecule has 0 radical (unpaired) electrons. The van der Waals surface area contributed by atoms with E-state index in [0.29, 0.717) is 22.7 Å². The minimum atomic E-state index is -1.58. The molecule has 0 bridgehead atoms. The summed E-state index contributed by atoms with van der Waals surface area (Å²) in [7, 11) is -1.58. The number of Topliss-reactive ketones (excluding diaryl/α,β-unsaturated/α-hetero) is 2. The van der Waals surface area contributed by atoms with Crippen LogP contribution in [0.5, 0.6) is 0 Å². The SMILES string of the molecule is C[Si](C)(C)Cn1c(C=C2C(=O)c3cc4ccccc4cc3C2=O)nc2oc(-c3ccccc3)cc21. The molecule has 6 rings (SSSR count). The van der Waals surface area contributed by atoms with Crippen molar-refractivity contribution in [3.63, 3.8) is 0 Å². The number of ketones is 2. The summed E-state index contributed by atoms with van der Waals surface area (Å²) >= 11 is 0. The van der Waals surface area contributed by atoms with Gasteiger partial charge in [0.2, 0.25) is 5.71 Å². The molecule has 0 unspecified atom stereocenters. The molecule has 5 nitrogen and oxygen atoms in total. The maximum Gasteiger partial charge on any atom is 0.245 e. The Morgan fingerprint density at radius 2 is 1.46 bits per heavy atom. The molecule has 0 saturated carbocycles. The Bertz CT molecular complexity index is 1630. The van der Waals surface area contributed by atoms with E-state index in [0.717, 1.165) is 33.8 Å². The highest BCUT2D eigenvalue weighted by atomic mass is 28.3. The zero-order valence-electron chi connectivity index (χ0n) is 19.8. The lowest BCUT2D eigenvalue weighted by molar-refractivity contribution is 0.0990. The van der Waals surface area contributed by atoms with Crippen molar-refractivity contribution in [1.29, 1.82) is 0 Å². The van der Waals surface area contributed by atoms with Crippen LogP contribution in [-0.2, 0) is 6.17 Å². The maximum atomic E-state index is 13.3. The molecule has 0 N–H and O–H groups in total. The first kappa shape index (κ1) is 21.5. The Labute approximate surface area is 203 Å². The first-order valence-corrected chi connectivity index (χ1v) is 15.4. The van der Waals surface area contributed by atoms with Crippen molar-refractivity contribution in [1.82, 2.24) is 9.55 Å². The van der Waals surface area contributed by atoms with Crippen LogP contribution in [0.25, 0.3) is 39.4 Å². The maximum absolute atomic E-state index is 13.3. The largest absolute Gasteiger partial charge is 0.436 e. The number of carbonyl (C=O) groups is 2. The highest BCUT2D eigenvalue weighted by Crippen LogP contribution is 2.34. The fourth-order valence-electron chi connectivity index (χ4n) is 4.70. The minimum Gasteiger partial charge on any atom is -0.436 e. The molecule has 2 aromatic heterocycles. The van der Waals surface area contributed by atoms with E-state index in [1.807, 2.05) is 72.8 Å². The Morgan fingerprint density at radius 3 is 2.06 bits per heavy atom. The molecule has 0 fully saturated rings. The van der Waals surface area contributed by atoms with E-state index in [-0.39, 0.29) is 17.1 Å². The molecule has 0 amide bonds. The van der Waals surface area contributed by atoms with Crippen molar-refractivity contribution in [2.45, 2.75) is 25.8 Å². The molecule has 3 aromatic carbocycles. The molecule has 2 heterocycles. The fourth-order valence-corrected chi connectivity index (χ4v) is 5.98. The molecular weight excluding hydrogens is 452 g/mol. The quantitative estimate of drug-likeness (QED) is 0.163. The van der Waals surface area contributed by atoms with Crippen LogP contribution in [0, 0.1) is 0 Å². The number of nitrogens with zero attached hydrogens (tertiary/aromatic N) is 2.